The van der Waals surface area contributed by atoms with E-state index < -0.39 is 5.60 Å². The van der Waals surface area contributed by atoms with Crippen LogP contribution in [0.4, 0.5) is 5.69 Å². The Labute approximate surface area is 203 Å². The van der Waals surface area contributed by atoms with E-state index in [0.29, 0.717) is 40.3 Å². The number of aryl methyl sites for hydroxylation is 2. The van der Waals surface area contributed by atoms with Crippen molar-refractivity contribution >= 4 is 22.8 Å². The first-order valence-electron chi connectivity index (χ1n) is 11.6. The van der Waals surface area contributed by atoms with Gasteiger partial charge >= 0.3 is 0 Å². The highest BCUT2D eigenvalue weighted by molar-refractivity contribution is 6.03. The number of amides is 1. The van der Waals surface area contributed by atoms with E-state index in [0.717, 1.165) is 5.56 Å². The molecule has 0 radical (unpaired) electrons. The number of carbonyl (C=O) groups is 1. The Hall–Kier alpha value is -4.29. The van der Waals surface area contributed by atoms with Gasteiger partial charge in [0.25, 0.3) is 5.91 Å². The minimum absolute atomic E-state index is 0.281. The van der Waals surface area contributed by atoms with Crippen molar-refractivity contribution in [3.63, 3.8) is 0 Å². The van der Waals surface area contributed by atoms with Crippen molar-refractivity contribution in [1.29, 1.82) is 0 Å². The number of fused-ring (bicyclic) bond motifs is 1. The summed E-state index contributed by atoms with van der Waals surface area (Å²) < 4.78 is 1.87. The van der Waals surface area contributed by atoms with Gasteiger partial charge in [0.1, 0.15) is 11.2 Å². The van der Waals surface area contributed by atoms with Crippen LogP contribution in [-0.2, 0) is 12.1 Å². The number of aromatic nitrogens is 3. The molecule has 1 amide bonds. The Morgan fingerprint density at radius 2 is 1.54 bits per heavy atom. The molecule has 2 heterocycles. The van der Waals surface area contributed by atoms with Crippen LogP contribution in [0.25, 0.3) is 11.2 Å². The van der Waals surface area contributed by atoms with Crippen molar-refractivity contribution in [1.82, 2.24) is 14.5 Å². The molecule has 0 saturated heterocycles. The van der Waals surface area contributed by atoms with Gasteiger partial charge in [0.2, 0.25) is 0 Å². The largest absolute Gasteiger partial charge is 0.373 e. The molecule has 5 rings (SSSR count). The molecule has 35 heavy (non-hydrogen) atoms. The number of anilines is 1. The zero-order valence-electron chi connectivity index (χ0n) is 19.6. The van der Waals surface area contributed by atoms with Gasteiger partial charge in [-0.2, -0.15) is 0 Å². The smallest absolute Gasteiger partial charge is 0.274 e. The average Bonchev–Trinajstić information content (AvgIpc) is 3.27. The van der Waals surface area contributed by atoms with Crippen LogP contribution in [0.2, 0.25) is 0 Å². The Balaban J connectivity index is 1.63. The second-order valence-corrected chi connectivity index (χ2v) is 8.48. The van der Waals surface area contributed by atoms with Crippen molar-refractivity contribution in [3.8, 4) is 0 Å². The van der Waals surface area contributed by atoms with E-state index in [2.05, 4.69) is 10.3 Å². The summed E-state index contributed by atoms with van der Waals surface area (Å²) in [5.74, 6) is 0.153. The standard InChI is InChI=1S/C29H26N4O2/c1-3-33-26-24(17-18-25(31-26)27(34)30-23-16-10-11-20(2)19-23)32-28(33)29(35,21-12-6-4-7-13-21)22-14-8-5-9-15-22/h4-19,35H,3H2,1-2H3,(H,30,34). The van der Waals surface area contributed by atoms with Crippen molar-refractivity contribution in [3.05, 3.63) is 125 Å². The first kappa shape index (κ1) is 22.5. The number of rotatable bonds is 6. The number of hydrogen-bond acceptors (Lipinski definition) is 4. The second-order valence-electron chi connectivity index (χ2n) is 8.48. The minimum atomic E-state index is -1.50. The predicted octanol–water partition coefficient (Wildman–Crippen LogP) is 5.30. The molecule has 2 N–H and O–H groups in total. The van der Waals surface area contributed by atoms with Crippen molar-refractivity contribution in [2.24, 2.45) is 0 Å². The highest BCUT2D eigenvalue weighted by atomic mass is 16.3. The highest BCUT2D eigenvalue weighted by Gasteiger charge is 2.39. The normalized spacial score (nSPS) is 11.5. The molecule has 5 aromatic rings. The number of carbonyl (C=O) groups excluding carboxylic acids is 1. The van der Waals surface area contributed by atoms with E-state index in [-0.39, 0.29) is 11.6 Å². The maximum atomic E-state index is 13.0. The summed E-state index contributed by atoms with van der Waals surface area (Å²) in [6, 6.07) is 30.0. The number of imidazole rings is 1. The van der Waals surface area contributed by atoms with Crippen LogP contribution in [-0.4, -0.2) is 25.5 Å². The Morgan fingerprint density at radius 3 is 2.14 bits per heavy atom. The van der Waals surface area contributed by atoms with Crippen LogP contribution in [0, 0.1) is 6.92 Å². The predicted molar refractivity (Wildman–Crippen MR) is 137 cm³/mol. The number of aliphatic hydroxyl groups is 1. The van der Waals surface area contributed by atoms with E-state index in [1.165, 1.54) is 0 Å². The molecule has 6 nitrogen and oxygen atoms in total. The third-order valence-corrected chi connectivity index (χ3v) is 6.12. The van der Waals surface area contributed by atoms with Crippen LogP contribution in [0.15, 0.2) is 97.1 Å². The number of nitrogens with zero attached hydrogens (tertiary/aromatic N) is 3. The lowest BCUT2D eigenvalue weighted by atomic mass is 9.85. The van der Waals surface area contributed by atoms with Crippen LogP contribution < -0.4 is 5.32 Å². The van der Waals surface area contributed by atoms with Crippen LogP contribution in [0.5, 0.6) is 0 Å². The lowest BCUT2D eigenvalue weighted by Gasteiger charge is -2.29. The number of pyridine rings is 1. The van der Waals surface area contributed by atoms with E-state index >= 15 is 0 Å². The average molecular weight is 463 g/mol. The summed E-state index contributed by atoms with van der Waals surface area (Å²) in [6.45, 7) is 4.47. The lowest BCUT2D eigenvalue weighted by molar-refractivity contribution is 0.102. The summed E-state index contributed by atoms with van der Waals surface area (Å²) >= 11 is 0. The van der Waals surface area contributed by atoms with Gasteiger partial charge in [0, 0.05) is 12.2 Å². The first-order valence-corrected chi connectivity index (χ1v) is 11.6. The summed E-state index contributed by atoms with van der Waals surface area (Å²) in [6.07, 6.45) is 0. The number of nitrogens with one attached hydrogen (secondary N) is 1. The second kappa shape index (κ2) is 9.16. The molecule has 0 aliphatic carbocycles. The first-order chi connectivity index (χ1) is 17.0. The molecule has 0 aliphatic rings. The lowest BCUT2D eigenvalue weighted by Crippen LogP contribution is -2.32. The molecule has 0 bridgehead atoms. The highest BCUT2D eigenvalue weighted by Crippen LogP contribution is 2.37. The molecule has 6 heteroatoms. The molecule has 3 aromatic carbocycles. The van der Waals surface area contributed by atoms with Gasteiger partial charge in [-0.3, -0.25) is 4.79 Å². The minimum Gasteiger partial charge on any atom is -0.373 e. The maximum Gasteiger partial charge on any atom is 0.274 e. The van der Waals surface area contributed by atoms with Gasteiger partial charge in [-0.1, -0.05) is 72.8 Å². The van der Waals surface area contributed by atoms with Crippen LogP contribution >= 0.6 is 0 Å². The summed E-state index contributed by atoms with van der Waals surface area (Å²) in [4.78, 5) is 22.4. The molecule has 174 valence electrons. The zero-order chi connectivity index (χ0) is 24.4. The van der Waals surface area contributed by atoms with Gasteiger partial charge in [0.15, 0.2) is 17.1 Å². The SMILES string of the molecule is CCn1c(C(O)(c2ccccc2)c2ccccc2)nc2ccc(C(=O)Nc3cccc(C)c3)nc21. The maximum absolute atomic E-state index is 13.0. The van der Waals surface area contributed by atoms with E-state index in [4.69, 9.17) is 4.98 Å². The van der Waals surface area contributed by atoms with E-state index in [1.54, 1.807) is 12.1 Å². The Kier molecular flexibility index (Phi) is 5.89. The monoisotopic (exact) mass is 462 g/mol. The fraction of sp³-hybridized carbons (Fsp3) is 0.138. The molecule has 0 spiro atoms. The number of hydrogen-bond donors (Lipinski definition) is 2. The van der Waals surface area contributed by atoms with Gasteiger partial charge in [0.05, 0.1) is 0 Å². The Morgan fingerprint density at radius 1 is 0.886 bits per heavy atom. The van der Waals surface area contributed by atoms with Gasteiger partial charge in [-0.25, -0.2) is 9.97 Å². The molecule has 0 atom stereocenters. The molecule has 2 aromatic heterocycles. The summed E-state index contributed by atoms with van der Waals surface area (Å²) in [5, 5.41) is 15.2. The molecular formula is C29H26N4O2. The van der Waals surface area contributed by atoms with Crippen molar-refractivity contribution in [2.45, 2.75) is 26.0 Å². The molecule has 0 aliphatic heterocycles. The third kappa shape index (κ3) is 4.09. The van der Waals surface area contributed by atoms with Crippen molar-refractivity contribution < 1.29 is 9.90 Å². The van der Waals surface area contributed by atoms with Gasteiger partial charge in [-0.15, -0.1) is 0 Å². The molecular weight excluding hydrogens is 436 g/mol. The fourth-order valence-corrected chi connectivity index (χ4v) is 4.41. The van der Waals surface area contributed by atoms with Gasteiger partial charge in [-0.05, 0) is 54.8 Å². The Bertz CT molecular complexity index is 1450. The van der Waals surface area contributed by atoms with E-state index in [1.807, 2.05) is 103 Å². The quantitative estimate of drug-likeness (QED) is 0.359. The van der Waals surface area contributed by atoms with Gasteiger partial charge < -0.3 is 15.0 Å². The topological polar surface area (TPSA) is 80.0 Å². The summed E-state index contributed by atoms with van der Waals surface area (Å²) in [7, 11) is 0. The third-order valence-electron chi connectivity index (χ3n) is 6.12. The van der Waals surface area contributed by atoms with Crippen LogP contribution in [0.3, 0.4) is 0 Å². The van der Waals surface area contributed by atoms with E-state index in [9.17, 15) is 9.90 Å². The molecule has 0 saturated carbocycles. The van der Waals surface area contributed by atoms with Crippen LogP contribution in [0.1, 0.15) is 39.9 Å². The van der Waals surface area contributed by atoms with Crippen molar-refractivity contribution in [2.75, 3.05) is 5.32 Å². The zero-order valence-corrected chi connectivity index (χ0v) is 19.6. The summed E-state index contributed by atoms with van der Waals surface area (Å²) in [5.41, 5.74) is 3.11. The molecule has 0 fully saturated rings. The fourth-order valence-electron chi connectivity index (χ4n) is 4.41. The number of benzene rings is 3. The molecule has 0 unspecified atom stereocenters.